The van der Waals surface area contributed by atoms with E-state index in [-0.39, 0.29) is 0 Å². The van der Waals surface area contributed by atoms with Crippen LogP contribution in [0.1, 0.15) is 50.6 Å². The summed E-state index contributed by atoms with van der Waals surface area (Å²) in [4.78, 5) is 4.93. The lowest BCUT2D eigenvalue weighted by Gasteiger charge is -2.34. The molecular formula is C17H26N6. The molecule has 1 unspecified atom stereocenters. The SMILES string of the molecule is CC1CCCCN1CCN(C)c1cc(C2CC2)nn2cnnc12. The highest BCUT2D eigenvalue weighted by Crippen LogP contribution is 2.40. The number of rotatable bonds is 5. The van der Waals surface area contributed by atoms with E-state index in [0.29, 0.717) is 12.0 Å². The molecule has 1 saturated carbocycles. The number of nitrogens with zero attached hydrogens (tertiary/aromatic N) is 6. The Hall–Kier alpha value is -1.69. The van der Waals surface area contributed by atoms with Crippen LogP contribution in [0.3, 0.4) is 0 Å². The van der Waals surface area contributed by atoms with E-state index in [4.69, 9.17) is 0 Å². The Labute approximate surface area is 137 Å². The Balaban J connectivity index is 1.51. The molecule has 1 aliphatic carbocycles. The van der Waals surface area contributed by atoms with Crippen molar-refractivity contribution in [3.63, 3.8) is 0 Å². The summed E-state index contributed by atoms with van der Waals surface area (Å²) < 4.78 is 1.84. The van der Waals surface area contributed by atoms with Crippen molar-refractivity contribution < 1.29 is 0 Å². The highest BCUT2D eigenvalue weighted by molar-refractivity contribution is 5.68. The normalized spacial score (nSPS) is 22.6. The van der Waals surface area contributed by atoms with Gasteiger partial charge < -0.3 is 4.90 Å². The number of hydrogen-bond donors (Lipinski definition) is 0. The van der Waals surface area contributed by atoms with E-state index in [0.717, 1.165) is 24.4 Å². The summed E-state index contributed by atoms with van der Waals surface area (Å²) in [6, 6.07) is 2.94. The summed E-state index contributed by atoms with van der Waals surface area (Å²) in [5, 5.41) is 13.0. The Morgan fingerprint density at radius 3 is 2.91 bits per heavy atom. The Morgan fingerprint density at radius 1 is 1.26 bits per heavy atom. The molecule has 6 heteroatoms. The molecule has 0 amide bonds. The summed E-state index contributed by atoms with van der Waals surface area (Å²) in [7, 11) is 2.16. The summed E-state index contributed by atoms with van der Waals surface area (Å²) >= 11 is 0. The van der Waals surface area contributed by atoms with Gasteiger partial charge in [0.15, 0.2) is 0 Å². The van der Waals surface area contributed by atoms with Crippen molar-refractivity contribution in [1.82, 2.24) is 24.7 Å². The topological polar surface area (TPSA) is 49.6 Å². The second-order valence-electron chi connectivity index (χ2n) is 7.13. The fourth-order valence-corrected chi connectivity index (χ4v) is 3.58. The molecule has 2 aromatic rings. The van der Waals surface area contributed by atoms with Crippen LogP contribution in [0.5, 0.6) is 0 Å². The lowest BCUT2D eigenvalue weighted by atomic mass is 10.0. The zero-order chi connectivity index (χ0) is 15.8. The van der Waals surface area contributed by atoms with Crippen LogP contribution in [0, 0.1) is 0 Å². The molecular weight excluding hydrogens is 288 g/mol. The molecule has 0 aromatic carbocycles. The summed E-state index contributed by atoms with van der Waals surface area (Å²) in [6.45, 7) is 5.71. The molecule has 2 aliphatic rings. The predicted octanol–water partition coefficient (Wildman–Crippen LogP) is 2.31. The largest absolute Gasteiger partial charge is 0.370 e. The van der Waals surface area contributed by atoms with E-state index in [1.54, 1.807) is 6.33 Å². The van der Waals surface area contributed by atoms with Crippen LogP contribution in [0.15, 0.2) is 12.4 Å². The molecule has 2 fully saturated rings. The number of piperidine rings is 1. The lowest BCUT2D eigenvalue weighted by Crippen LogP contribution is -2.42. The lowest BCUT2D eigenvalue weighted by molar-refractivity contribution is 0.165. The molecule has 3 heterocycles. The van der Waals surface area contributed by atoms with Crippen molar-refractivity contribution in [3.8, 4) is 0 Å². The third kappa shape index (κ3) is 3.04. The highest BCUT2D eigenvalue weighted by Gasteiger charge is 2.27. The van der Waals surface area contributed by atoms with Gasteiger partial charge in [-0.2, -0.15) is 9.61 Å². The Morgan fingerprint density at radius 2 is 2.13 bits per heavy atom. The molecule has 0 bridgehead atoms. The van der Waals surface area contributed by atoms with Crippen molar-refractivity contribution in [2.24, 2.45) is 0 Å². The van der Waals surface area contributed by atoms with Gasteiger partial charge in [-0.25, -0.2) is 0 Å². The van der Waals surface area contributed by atoms with Crippen LogP contribution in [0.25, 0.3) is 5.65 Å². The summed E-state index contributed by atoms with van der Waals surface area (Å²) in [5.74, 6) is 0.635. The van der Waals surface area contributed by atoms with Crippen molar-refractivity contribution in [3.05, 3.63) is 18.1 Å². The summed E-state index contributed by atoms with van der Waals surface area (Å²) in [5.41, 5.74) is 3.21. The van der Waals surface area contributed by atoms with Crippen molar-refractivity contribution >= 4 is 11.3 Å². The van der Waals surface area contributed by atoms with E-state index < -0.39 is 0 Å². The monoisotopic (exact) mass is 314 g/mol. The molecule has 124 valence electrons. The Bertz CT molecular complexity index is 677. The predicted molar refractivity (Wildman–Crippen MR) is 90.9 cm³/mol. The first kappa shape index (κ1) is 14.9. The van der Waals surface area contributed by atoms with Crippen LogP contribution in [-0.4, -0.2) is 57.4 Å². The second kappa shape index (κ2) is 6.07. The van der Waals surface area contributed by atoms with Gasteiger partial charge in [-0.15, -0.1) is 10.2 Å². The maximum absolute atomic E-state index is 4.66. The third-order valence-electron chi connectivity index (χ3n) is 5.34. The van der Waals surface area contributed by atoms with Crippen LogP contribution in [-0.2, 0) is 0 Å². The van der Waals surface area contributed by atoms with Crippen molar-refractivity contribution in [2.45, 2.75) is 51.0 Å². The van der Waals surface area contributed by atoms with Crippen LogP contribution < -0.4 is 4.90 Å². The minimum absolute atomic E-state index is 0.635. The molecule has 1 saturated heterocycles. The zero-order valence-electron chi connectivity index (χ0n) is 14.1. The van der Waals surface area contributed by atoms with E-state index in [2.05, 4.69) is 45.1 Å². The number of anilines is 1. The minimum Gasteiger partial charge on any atom is -0.370 e. The van der Waals surface area contributed by atoms with Gasteiger partial charge in [-0.3, -0.25) is 4.90 Å². The average molecular weight is 314 g/mol. The molecule has 0 N–H and O–H groups in total. The van der Waals surface area contributed by atoms with Gasteiger partial charge in [0.2, 0.25) is 5.65 Å². The van der Waals surface area contributed by atoms with Crippen LogP contribution >= 0.6 is 0 Å². The number of likely N-dealkylation sites (tertiary alicyclic amines) is 1. The highest BCUT2D eigenvalue weighted by atomic mass is 15.4. The quantitative estimate of drug-likeness (QED) is 0.847. The third-order valence-corrected chi connectivity index (χ3v) is 5.34. The van der Waals surface area contributed by atoms with E-state index in [1.807, 2.05) is 4.52 Å². The van der Waals surface area contributed by atoms with Gasteiger partial charge in [-0.1, -0.05) is 6.42 Å². The second-order valence-corrected chi connectivity index (χ2v) is 7.13. The van der Waals surface area contributed by atoms with Gasteiger partial charge in [-0.05, 0) is 45.2 Å². The number of likely N-dealkylation sites (N-methyl/N-ethyl adjacent to an activating group) is 1. The van der Waals surface area contributed by atoms with E-state index in [1.165, 1.54) is 44.3 Å². The van der Waals surface area contributed by atoms with Crippen LogP contribution in [0.2, 0.25) is 0 Å². The fraction of sp³-hybridized carbons (Fsp3) is 0.706. The van der Waals surface area contributed by atoms with E-state index in [9.17, 15) is 0 Å². The fourth-order valence-electron chi connectivity index (χ4n) is 3.58. The number of hydrogen-bond acceptors (Lipinski definition) is 5. The molecule has 6 nitrogen and oxygen atoms in total. The summed E-state index contributed by atoms with van der Waals surface area (Å²) in [6.07, 6.45) is 8.28. The molecule has 2 aromatic heterocycles. The minimum atomic E-state index is 0.635. The Kier molecular flexibility index (Phi) is 3.93. The molecule has 0 radical (unpaired) electrons. The van der Waals surface area contributed by atoms with Gasteiger partial charge in [0.05, 0.1) is 11.4 Å². The van der Waals surface area contributed by atoms with Gasteiger partial charge in [0, 0.05) is 32.1 Å². The molecule has 1 atom stereocenters. The first-order chi connectivity index (χ1) is 11.2. The smallest absolute Gasteiger partial charge is 0.200 e. The standard InChI is InChI=1S/C17H26N6/c1-13-5-3-4-8-22(13)10-9-21(2)16-11-15(14-6-7-14)20-23-12-18-19-17(16)23/h11-14H,3-10H2,1-2H3. The van der Waals surface area contributed by atoms with Crippen LogP contribution in [0.4, 0.5) is 5.69 Å². The number of fused-ring (bicyclic) bond motifs is 1. The molecule has 4 rings (SSSR count). The molecule has 1 aliphatic heterocycles. The van der Waals surface area contributed by atoms with Gasteiger partial charge in [0.1, 0.15) is 6.33 Å². The first-order valence-electron chi connectivity index (χ1n) is 8.88. The molecule has 0 spiro atoms. The van der Waals surface area contributed by atoms with Crippen molar-refractivity contribution in [1.29, 1.82) is 0 Å². The maximum atomic E-state index is 4.66. The van der Waals surface area contributed by atoms with Gasteiger partial charge >= 0.3 is 0 Å². The average Bonchev–Trinajstić information content (AvgIpc) is 3.30. The number of aromatic nitrogens is 4. The van der Waals surface area contributed by atoms with E-state index >= 15 is 0 Å². The zero-order valence-corrected chi connectivity index (χ0v) is 14.1. The maximum Gasteiger partial charge on any atom is 0.200 e. The first-order valence-corrected chi connectivity index (χ1v) is 8.88. The molecule has 23 heavy (non-hydrogen) atoms. The van der Waals surface area contributed by atoms with Gasteiger partial charge in [0.25, 0.3) is 0 Å². The van der Waals surface area contributed by atoms with Crippen molar-refractivity contribution in [2.75, 3.05) is 31.6 Å².